The monoisotopic (exact) mass is 422 g/mol. The maximum atomic E-state index is 12.2. The van der Waals surface area contributed by atoms with Crippen molar-refractivity contribution in [2.75, 3.05) is 13.7 Å². The Bertz CT molecular complexity index is 1150. The highest BCUT2D eigenvalue weighted by Crippen LogP contribution is 2.28. The van der Waals surface area contributed by atoms with Gasteiger partial charge in [-0.25, -0.2) is 9.78 Å². The average Bonchev–Trinajstić information content (AvgIpc) is 2.77. The van der Waals surface area contributed by atoms with Gasteiger partial charge in [0.1, 0.15) is 12.3 Å². The average molecular weight is 422 g/mol. The summed E-state index contributed by atoms with van der Waals surface area (Å²) in [7, 11) is 1.57. The fourth-order valence-corrected chi connectivity index (χ4v) is 2.92. The van der Waals surface area contributed by atoms with Crippen LogP contribution in [0.3, 0.4) is 0 Å². The minimum absolute atomic E-state index is 0.0870. The number of hydrogen-bond donors (Lipinski definition) is 0. The first-order valence-corrected chi connectivity index (χ1v) is 10.1. The number of fused-ring (bicyclic) bond motifs is 1. The Balaban J connectivity index is 1.62. The lowest BCUT2D eigenvalue weighted by atomic mass is 10.2. The maximum Gasteiger partial charge on any atom is 0.331 e. The molecule has 0 spiro atoms. The Labute approximate surface area is 180 Å². The zero-order valence-electron chi connectivity index (χ0n) is 18.0. The van der Waals surface area contributed by atoms with E-state index >= 15 is 0 Å². The van der Waals surface area contributed by atoms with Crippen LogP contribution < -0.4 is 15.0 Å². The van der Waals surface area contributed by atoms with Gasteiger partial charge in [-0.15, -0.1) is 0 Å². The van der Waals surface area contributed by atoms with Gasteiger partial charge in [0.05, 0.1) is 19.4 Å². The number of esters is 1. The Morgan fingerprint density at radius 3 is 2.77 bits per heavy atom. The van der Waals surface area contributed by atoms with E-state index in [1.165, 1.54) is 16.5 Å². The number of carbonyl (C=O) groups excluding carboxylic acids is 1. The maximum absolute atomic E-state index is 12.2. The number of ether oxygens (including phenoxy) is 3. The standard InChI is InChI=1S/C24H26N2O5/c1-4-5-12-30-20-9-7-18(13-21(20)29-3)8-11-24(28)31-16-19-14-23(27)26-15-17(2)6-10-22(26)25-19/h6-11,13-15H,4-5,12,16H2,1-3H3/b11-8+. The van der Waals surface area contributed by atoms with Crippen LogP contribution in [0.1, 0.15) is 36.6 Å². The summed E-state index contributed by atoms with van der Waals surface area (Å²) in [5.41, 5.74) is 2.41. The molecule has 2 heterocycles. The van der Waals surface area contributed by atoms with E-state index < -0.39 is 5.97 Å². The van der Waals surface area contributed by atoms with Crippen molar-refractivity contribution in [1.82, 2.24) is 9.38 Å². The van der Waals surface area contributed by atoms with Crippen LogP contribution in [0.5, 0.6) is 11.5 Å². The molecule has 0 radical (unpaired) electrons. The largest absolute Gasteiger partial charge is 0.493 e. The molecular weight excluding hydrogens is 396 g/mol. The second kappa shape index (κ2) is 10.4. The third-order valence-electron chi connectivity index (χ3n) is 4.58. The second-order valence-electron chi connectivity index (χ2n) is 7.07. The van der Waals surface area contributed by atoms with Crippen LogP contribution in [0, 0.1) is 6.92 Å². The predicted octanol–water partition coefficient (Wildman–Crippen LogP) is 3.95. The van der Waals surface area contributed by atoms with E-state index in [9.17, 15) is 9.59 Å². The highest BCUT2D eigenvalue weighted by atomic mass is 16.5. The number of aryl methyl sites for hydroxylation is 1. The molecule has 0 saturated heterocycles. The van der Waals surface area contributed by atoms with Crippen molar-refractivity contribution in [1.29, 1.82) is 0 Å². The van der Waals surface area contributed by atoms with Crippen molar-refractivity contribution >= 4 is 17.7 Å². The molecule has 0 aliphatic carbocycles. The Hall–Kier alpha value is -3.61. The molecule has 0 aliphatic rings. The van der Waals surface area contributed by atoms with Gasteiger partial charge in [0.15, 0.2) is 11.5 Å². The van der Waals surface area contributed by atoms with Gasteiger partial charge < -0.3 is 14.2 Å². The number of hydrogen-bond acceptors (Lipinski definition) is 6. The normalized spacial score (nSPS) is 11.1. The summed E-state index contributed by atoms with van der Waals surface area (Å²) < 4.78 is 17.8. The molecule has 0 saturated carbocycles. The van der Waals surface area contributed by atoms with Crippen molar-refractivity contribution in [3.8, 4) is 11.5 Å². The van der Waals surface area contributed by atoms with Crippen LogP contribution >= 0.6 is 0 Å². The topological polar surface area (TPSA) is 79.1 Å². The molecule has 0 unspecified atom stereocenters. The summed E-state index contributed by atoms with van der Waals surface area (Å²) in [5.74, 6) is 0.732. The molecule has 0 atom stereocenters. The van der Waals surface area contributed by atoms with Gasteiger partial charge in [0.2, 0.25) is 0 Å². The lowest BCUT2D eigenvalue weighted by Gasteiger charge is -2.10. The number of benzene rings is 1. The molecule has 7 heteroatoms. The molecule has 7 nitrogen and oxygen atoms in total. The Morgan fingerprint density at radius 1 is 1.16 bits per heavy atom. The zero-order valence-corrected chi connectivity index (χ0v) is 18.0. The Morgan fingerprint density at radius 2 is 2.00 bits per heavy atom. The SMILES string of the molecule is CCCCOc1ccc(/C=C/C(=O)OCc2cc(=O)n3cc(C)ccc3n2)cc1OC. The van der Waals surface area contributed by atoms with Crippen LogP contribution in [-0.4, -0.2) is 29.1 Å². The predicted molar refractivity (Wildman–Crippen MR) is 118 cm³/mol. The quantitative estimate of drug-likeness (QED) is 0.295. The van der Waals surface area contributed by atoms with Crippen molar-refractivity contribution < 1.29 is 19.0 Å². The number of nitrogens with zero attached hydrogens (tertiary/aromatic N) is 2. The van der Waals surface area contributed by atoms with Crippen molar-refractivity contribution in [2.45, 2.75) is 33.3 Å². The number of carbonyl (C=O) groups is 1. The van der Waals surface area contributed by atoms with Gasteiger partial charge in [0.25, 0.3) is 5.56 Å². The molecule has 0 N–H and O–H groups in total. The molecule has 2 aromatic heterocycles. The number of methoxy groups -OCH3 is 1. The van der Waals surface area contributed by atoms with Gasteiger partial charge in [-0.1, -0.05) is 25.5 Å². The fraction of sp³-hybridized carbons (Fsp3) is 0.292. The number of pyridine rings is 1. The molecule has 0 aliphatic heterocycles. The van der Waals surface area contributed by atoms with Crippen molar-refractivity contribution in [3.05, 3.63) is 75.8 Å². The molecule has 162 valence electrons. The smallest absolute Gasteiger partial charge is 0.331 e. The molecule has 0 amide bonds. The van der Waals surface area contributed by atoms with Crippen LogP contribution in [0.2, 0.25) is 0 Å². The minimum atomic E-state index is -0.534. The van der Waals surface area contributed by atoms with E-state index in [1.54, 1.807) is 31.5 Å². The number of rotatable bonds is 9. The summed E-state index contributed by atoms with van der Waals surface area (Å²) in [4.78, 5) is 28.7. The molecule has 3 rings (SSSR count). The van der Waals surface area contributed by atoms with Crippen molar-refractivity contribution in [3.63, 3.8) is 0 Å². The van der Waals surface area contributed by atoms with Gasteiger partial charge >= 0.3 is 5.97 Å². The number of unbranched alkanes of at least 4 members (excludes halogenated alkanes) is 1. The van der Waals surface area contributed by atoms with Crippen molar-refractivity contribution in [2.24, 2.45) is 0 Å². The summed E-state index contributed by atoms with van der Waals surface area (Å²) in [5, 5.41) is 0. The first kappa shape index (κ1) is 22.1. The highest BCUT2D eigenvalue weighted by Gasteiger charge is 2.07. The summed E-state index contributed by atoms with van der Waals surface area (Å²) in [6.45, 7) is 4.54. The van der Waals surface area contributed by atoms with Crippen LogP contribution in [0.15, 0.2) is 53.5 Å². The molecular formula is C24H26N2O5. The summed E-state index contributed by atoms with van der Waals surface area (Å²) >= 11 is 0. The fourth-order valence-electron chi connectivity index (χ4n) is 2.92. The van der Waals surface area contributed by atoms with E-state index in [0.29, 0.717) is 29.4 Å². The van der Waals surface area contributed by atoms with E-state index in [4.69, 9.17) is 14.2 Å². The lowest BCUT2D eigenvalue weighted by molar-refractivity contribution is -0.139. The molecule has 3 aromatic rings. The third kappa shape index (κ3) is 5.94. The van der Waals surface area contributed by atoms with E-state index in [2.05, 4.69) is 11.9 Å². The van der Waals surface area contributed by atoms with E-state index in [-0.39, 0.29) is 12.2 Å². The first-order valence-electron chi connectivity index (χ1n) is 10.1. The van der Waals surface area contributed by atoms with Crippen LogP contribution in [0.4, 0.5) is 0 Å². The van der Waals surface area contributed by atoms with Crippen LogP contribution in [-0.2, 0) is 16.1 Å². The minimum Gasteiger partial charge on any atom is -0.493 e. The molecule has 0 fully saturated rings. The third-order valence-corrected chi connectivity index (χ3v) is 4.58. The van der Waals surface area contributed by atoms with E-state index in [1.807, 2.05) is 25.1 Å². The molecule has 0 bridgehead atoms. The van der Waals surface area contributed by atoms with Crippen LogP contribution in [0.25, 0.3) is 11.7 Å². The second-order valence-corrected chi connectivity index (χ2v) is 7.07. The zero-order chi connectivity index (χ0) is 22.2. The Kier molecular flexibility index (Phi) is 7.43. The highest BCUT2D eigenvalue weighted by molar-refractivity contribution is 5.87. The summed E-state index contributed by atoms with van der Waals surface area (Å²) in [6.07, 6.45) is 6.69. The van der Waals surface area contributed by atoms with Gasteiger partial charge in [0, 0.05) is 18.3 Å². The number of aromatic nitrogens is 2. The van der Waals surface area contributed by atoms with Gasteiger partial charge in [-0.05, 0) is 48.7 Å². The molecule has 31 heavy (non-hydrogen) atoms. The first-order chi connectivity index (χ1) is 15.0. The molecule has 1 aromatic carbocycles. The van der Waals surface area contributed by atoms with E-state index in [0.717, 1.165) is 24.0 Å². The lowest BCUT2D eigenvalue weighted by Crippen LogP contribution is -2.16. The van der Waals surface area contributed by atoms with Gasteiger partial charge in [-0.2, -0.15) is 0 Å². The van der Waals surface area contributed by atoms with Gasteiger partial charge in [-0.3, -0.25) is 9.20 Å². The summed E-state index contributed by atoms with van der Waals surface area (Å²) in [6, 6.07) is 10.4.